The van der Waals surface area contributed by atoms with Gasteiger partial charge in [-0.15, -0.1) is 10.2 Å². The van der Waals surface area contributed by atoms with Crippen LogP contribution in [-0.4, -0.2) is 23.3 Å². The van der Waals surface area contributed by atoms with Crippen molar-refractivity contribution in [2.45, 2.75) is 6.54 Å². The Morgan fingerprint density at radius 1 is 1.69 bits per heavy atom. The summed E-state index contributed by atoms with van der Waals surface area (Å²) in [6.07, 6.45) is 1.45. The van der Waals surface area contributed by atoms with Crippen molar-refractivity contribution < 1.29 is 13.9 Å². The molecule has 1 N–H and O–H groups in total. The second kappa shape index (κ2) is 4.75. The number of nitrogens with one attached hydrogen (secondary N) is 1. The van der Waals surface area contributed by atoms with Gasteiger partial charge in [-0.2, -0.15) is 0 Å². The van der Waals surface area contributed by atoms with Crippen molar-refractivity contribution in [2.24, 2.45) is 0 Å². The van der Waals surface area contributed by atoms with Gasteiger partial charge >= 0.3 is 5.97 Å². The Morgan fingerprint density at radius 2 is 2.56 bits per heavy atom. The maximum Gasteiger partial charge on any atom is 0.374 e. The number of esters is 1. The Balaban J connectivity index is 2.04. The summed E-state index contributed by atoms with van der Waals surface area (Å²) in [6.45, 7) is 0.441. The Morgan fingerprint density at radius 3 is 3.25 bits per heavy atom. The van der Waals surface area contributed by atoms with Gasteiger partial charge in [0.1, 0.15) is 5.51 Å². The molecular formula is C9H9N3O3S. The highest BCUT2D eigenvalue weighted by atomic mass is 32.1. The van der Waals surface area contributed by atoms with Crippen molar-refractivity contribution in [2.75, 3.05) is 12.4 Å². The van der Waals surface area contributed by atoms with Gasteiger partial charge in [0.25, 0.3) is 0 Å². The molecule has 84 valence electrons. The first-order chi connectivity index (χ1) is 7.81. The van der Waals surface area contributed by atoms with E-state index in [1.807, 2.05) is 0 Å². The fourth-order valence-electron chi connectivity index (χ4n) is 1.17. The number of carbonyl (C=O) groups is 1. The molecule has 7 heteroatoms. The molecule has 0 radical (unpaired) electrons. The molecule has 2 heterocycles. The summed E-state index contributed by atoms with van der Waals surface area (Å²) in [5, 5.41) is 11.2. The van der Waals surface area contributed by atoms with Crippen molar-refractivity contribution in [3.05, 3.63) is 29.2 Å². The molecule has 0 bridgehead atoms. The molecule has 0 saturated heterocycles. The van der Waals surface area contributed by atoms with E-state index in [0.717, 1.165) is 5.56 Å². The molecule has 0 saturated carbocycles. The van der Waals surface area contributed by atoms with Crippen molar-refractivity contribution in [3.8, 4) is 0 Å². The first kappa shape index (κ1) is 10.6. The fraction of sp³-hybridized carbons (Fsp3) is 0.222. The molecule has 0 fully saturated rings. The normalized spacial score (nSPS) is 10.1. The first-order valence-corrected chi connectivity index (χ1v) is 5.34. The lowest BCUT2D eigenvalue weighted by Gasteiger charge is -2.01. The van der Waals surface area contributed by atoms with Crippen LogP contribution in [-0.2, 0) is 11.3 Å². The molecule has 0 aliphatic heterocycles. The molecule has 0 aliphatic carbocycles. The van der Waals surface area contributed by atoms with E-state index in [0.29, 0.717) is 11.7 Å². The molecule has 2 aromatic heterocycles. The number of rotatable bonds is 4. The molecular weight excluding hydrogens is 230 g/mol. The van der Waals surface area contributed by atoms with Crippen LogP contribution in [0.3, 0.4) is 0 Å². The number of ether oxygens (including phenoxy) is 1. The van der Waals surface area contributed by atoms with Crippen molar-refractivity contribution in [1.82, 2.24) is 10.2 Å². The van der Waals surface area contributed by atoms with Crippen LogP contribution in [0.5, 0.6) is 0 Å². The Kier molecular flexibility index (Phi) is 3.16. The Hall–Kier alpha value is -1.89. The molecule has 0 aliphatic rings. The third-order valence-electron chi connectivity index (χ3n) is 1.91. The summed E-state index contributed by atoms with van der Waals surface area (Å²) in [4.78, 5) is 11.3. The van der Waals surface area contributed by atoms with Crippen molar-refractivity contribution >= 4 is 22.4 Å². The molecule has 0 atom stereocenters. The zero-order valence-corrected chi connectivity index (χ0v) is 9.28. The molecule has 0 aromatic carbocycles. The predicted octanol–water partition coefficient (Wildman–Crippen LogP) is 1.53. The van der Waals surface area contributed by atoms with Gasteiger partial charge in [0, 0.05) is 12.1 Å². The smallest absolute Gasteiger partial charge is 0.374 e. The predicted molar refractivity (Wildman–Crippen MR) is 57.3 cm³/mol. The Labute approximate surface area is 95.3 Å². The van der Waals surface area contributed by atoms with Gasteiger partial charge in [0.05, 0.1) is 13.4 Å². The summed E-state index contributed by atoms with van der Waals surface area (Å²) in [6, 6.07) is 1.71. The van der Waals surface area contributed by atoms with Gasteiger partial charge in [-0.05, 0) is 6.07 Å². The average molecular weight is 239 g/mol. The van der Waals surface area contributed by atoms with Gasteiger partial charge < -0.3 is 14.5 Å². The number of carbonyl (C=O) groups excluding carboxylic acids is 1. The maximum atomic E-state index is 11.3. The molecule has 0 amide bonds. The van der Waals surface area contributed by atoms with Crippen LogP contribution in [0.2, 0.25) is 0 Å². The van der Waals surface area contributed by atoms with E-state index < -0.39 is 5.97 Å². The van der Waals surface area contributed by atoms with Crippen LogP contribution in [0.25, 0.3) is 0 Å². The van der Waals surface area contributed by atoms with Crippen LogP contribution in [0, 0.1) is 0 Å². The molecule has 0 spiro atoms. The fourth-order valence-corrected chi connectivity index (χ4v) is 1.61. The van der Waals surface area contributed by atoms with E-state index in [-0.39, 0.29) is 5.76 Å². The van der Waals surface area contributed by atoms with Crippen LogP contribution in [0.15, 0.2) is 22.3 Å². The first-order valence-electron chi connectivity index (χ1n) is 4.46. The number of furan rings is 1. The highest BCUT2D eigenvalue weighted by Crippen LogP contribution is 2.15. The quantitative estimate of drug-likeness (QED) is 0.815. The minimum atomic E-state index is -0.487. The average Bonchev–Trinajstić information content (AvgIpc) is 2.96. The van der Waals surface area contributed by atoms with Crippen molar-refractivity contribution in [1.29, 1.82) is 0 Å². The second-order valence-corrected chi connectivity index (χ2v) is 3.70. The summed E-state index contributed by atoms with van der Waals surface area (Å²) in [5.41, 5.74) is 2.35. The lowest BCUT2D eigenvalue weighted by atomic mass is 10.2. The third-order valence-corrected chi connectivity index (χ3v) is 2.56. The number of aromatic nitrogens is 2. The summed E-state index contributed by atoms with van der Waals surface area (Å²) in [5.74, 6) is -0.279. The number of hydrogen-bond acceptors (Lipinski definition) is 7. The van der Waals surface area contributed by atoms with Gasteiger partial charge in [-0.25, -0.2) is 4.79 Å². The highest BCUT2D eigenvalue weighted by Gasteiger charge is 2.15. The third kappa shape index (κ3) is 2.19. The molecule has 6 nitrogen and oxygen atoms in total. The monoisotopic (exact) mass is 239 g/mol. The number of anilines is 1. The van der Waals surface area contributed by atoms with E-state index in [1.54, 1.807) is 11.6 Å². The lowest BCUT2D eigenvalue weighted by Crippen LogP contribution is -2.06. The van der Waals surface area contributed by atoms with Gasteiger partial charge in [0.2, 0.25) is 10.9 Å². The minimum absolute atomic E-state index is 0.208. The summed E-state index contributed by atoms with van der Waals surface area (Å²) < 4.78 is 9.63. The summed E-state index contributed by atoms with van der Waals surface area (Å²) in [7, 11) is 1.31. The molecule has 2 rings (SSSR count). The molecule has 16 heavy (non-hydrogen) atoms. The lowest BCUT2D eigenvalue weighted by molar-refractivity contribution is 0.0563. The van der Waals surface area contributed by atoms with E-state index in [1.165, 1.54) is 24.7 Å². The van der Waals surface area contributed by atoms with Crippen molar-refractivity contribution in [3.63, 3.8) is 0 Å². The minimum Gasteiger partial charge on any atom is -0.463 e. The molecule has 0 unspecified atom stereocenters. The largest absolute Gasteiger partial charge is 0.463 e. The van der Waals surface area contributed by atoms with Gasteiger partial charge in [0.15, 0.2) is 0 Å². The van der Waals surface area contributed by atoms with Crippen LogP contribution >= 0.6 is 11.3 Å². The number of hydrogen-bond donors (Lipinski definition) is 1. The zero-order chi connectivity index (χ0) is 11.4. The Bertz CT molecular complexity index is 466. The van der Waals surface area contributed by atoms with Gasteiger partial charge in [-0.3, -0.25) is 0 Å². The van der Waals surface area contributed by atoms with E-state index in [9.17, 15) is 4.79 Å². The van der Waals surface area contributed by atoms with E-state index in [2.05, 4.69) is 20.3 Å². The van der Waals surface area contributed by atoms with Crippen LogP contribution in [0.4, 0.5) is 5.13 Å². The zero-order valence-electron chi connectivity index (χ0n) is 8.47. The topological polar surface area (TPSA) is 77.2 Å². The number of nitrogens with zero attached hydrogens (tertiary/aromatic N) is 2. The highest BCUT2D eigenvalue weighted by molar-refractivity contribution is 7.13. The van der Waals surface area contributed by atoms with Crippen LogP contribution < -0.4 is 5.32 Å². The number of methoxy groups -OCH3 is 1. The van der Waals surface area contributed by atoms with Gasteiger partial charge in [-0.1, -0.05) is 11.3 Å². The standard InChI is InChI=1S/C9H9N3O3S/c1-14-8(13)7-6(2-3-15-7)4-10-9-12-11-5-16-9/h2-3,5H,4H2,1H3,(H,10,12). The second-order valence-electron chi connectivity index (χ2n) is 2.86. The summed E-state index contributed by atoms with van der Waals surface area (Å²) >= 11 is 1.38. The maximum absolute atomic E-state index is 11.3. The van der Waals surface area contributed by atoms with E-state index in [4.69, 9.17) is 4.42 Å². The van der Waals surface area contributed by atoms with E-state index >= 15 is 0 Å². The molecule has 2 aromatic rings. The van der Waals surface area contributed by atoms with Crippen LogP contribution in [0.1, 0.15) is 16.1 Å². The SMILES string of the molecule is COC(=O)c1occc1CNc1nncs1.